The van der Waals surface area contributed by atoms with Crippen LogP contribution in [0.2, 0.25) is 0 Å². The van der Waals surface area contributed by atoms with Gasteiger partial charge < -0.3 is 14.5 Å². The number of amidine groups is 1. The Balaban J connectivity index is 1.35. The van der Waals surface area contributed by atoms with Crippen molar-refractivity contribution in [2.24, 2.45) is 10.9 Å². The van der Waals surface area contributed by atoms with Gasteiger partial charge in [0.1, 0.15) is 11.9 Å². The largest absolute Gasteiger partial charge is 0.446 e. The van der Waals surface area contributed by atoms with Crippen molar-refractivity contribution in [3.8, 4) is 0 Å². The first kappa shape index (κ1) is 20.8. The van der Waals surface area contributed by atoms with Gasteiger partial charge in [-0.25, -0.2) is 9.79 Å². The van der Waals surface area contributed by atoms with Crippen LogP contribution in [0.25, 0.3) is 0 Å². The minimum atomic E-state index is -0.185. The summed E-state index contributed by atoms with van der Waals surface area (Å²) in [6.07, 6.45) is 2.72. The molecule has 0 N–H and O–H groups in total. The summed E-state index contributed by atoms with van der Waals surface area (Å²) in [6, 6.07) is 21.4. The summed E-state index contributed by atoms with van der Waals surface area (Å²) in [5, 5.41) is 0. The van der Waals surface area contributed by atoms with E-state index in [4.69, 9.17) is 9.73 Å². The fraction of sp³-hybridized carbons (Fsp3) is 0.407. The lowest BCUT2D eigenvalue weighted by atomic mass is 9.84. The zero-order valence-electron chi connectivity index (χ0n) is 18.9. The molecular weight excluding hydrogens is 398 g/mol. The minimum Gasteiger partial charge on any atom is -0.446 e. The predicted molar refractivity (Wildman–Crippen MR) is 126 cm³/mol. The monoisotopic (exact) mass is 429 g/mol. The number of rotatable bonds is 4. The van der Waals surface area contributed by atoms with Crippen LogP contribution in [0.5, 0.6) is 0 Å². The van der Waals surface area contributed by atoms with Gasteiger partial charge in [0.2, 0.25) is 0 Å². The van der Waals surface area contributed by atoms with Crippen LogP contribution in [0, 0.1) is 5.92 Å². The first-order valence-corrected chi connectivity index (χ1v) is 11.7. The zero-order chi connectivity index (χ0) is 22.1. The van der Waals surface area contributed by atoms with Crippen LogP contribution in [0.1, 0.15) is 50.3 Å². The third kappa shape index (κ3) is 4.16. The third-order valence-corrected chi connectivity index (χ3v) is 6.90. The number of aliphatic imine (C=N–C) groups is 1. The van der Waals surface area contributed by atoms with E-state index >= 15 is 0 Å². The van der Waals surface area contributed by atoms with Crippen molar-refractivity contribution in [3.63, 3.8) is 0 Å². The molecule has 1 fully saturated rings. The summed E-state index contributed by atoms with van der Waals surface area (Å²) in [5.74, 6) is 1.66. The van der Waals surface area contributed by atoms with Gasteiger partial charge in [-0.2, -0.15) is 0 Å². The summed E-state index contributed by atoms with van der Waals surface area (Å²) in [7, 11) is 0. The molecule has 1 amide bonds. The highest BCUT2D eigenvalue weighted by Gasteiger charge is 2.34. The van der Waals surface area contributed by atoms with Gasteiger partial charge in [-0.05, 0) is 48.8 Å². The van der Waals surface area contributed by atoms with Crippen molar-refractivity contribution in [1.82, 2.24) is 9.80 Å². The Bertz CT molecular complexity index is 986. The number of carbonyl (C=O) groups excluding carboxylic acids is 1. The van der Waals surface area contributed by atoms with Crippen molar-refractivity contribution >= 4 is 11.9 Å². The molecule has 166 valence electrons. The molecule has 2 heterocycles. The van der Waals surface area contributed by atoms with Crippen LogP contribution in [0.4, 0.5) is 4.79 Å². The maximum atomic E-state index is 12.6. The Kier molecular flexibility index (Phi) is 5.73. The topological polar surface area (TPSA) is 45.1 Å². The number of amides is 1. The molecular formula is C27H31N3O2. The normalized spacial score (nSPS) is 22.9. The van der Waals surface area contributed by atoms with E-state index in [1.54, 1.807) is 0 Å². The van der Waals surface area contributed by atoms with E-state index < -0.39 is 0 Å². The summed E-state index contributed by atoms with van der Waals surface area (Å²) >= 11 is 0. The number of ether oxygens (including phenoxy) is 1. The highest BCUT2D eigenvalue weighted by atomic mass is 16.6. The lowest BCUT2D eigenvalue weighted by Gasteiger charge is -2.41. The number of nitrogens with zero attached hydrogens (tertiary/aromatic N) is 3. The first-order valence-electron chi connectivity index (χ1n) is 11.7. The molecule has 0 radical (unpaired) electrons. The smallest absolute Gasteiger partial charge is 0.410 e. The molecule has 1 saturated carbocycles. The quantitative estimate of drug-likeness (QED) is 0.653. The number of hydrogen-bond acceptors (Lipinski definition) is 4. The maximum absolute atomic E-state index is 12.6. The van der Waals surface area contributed by atoms with E-state index in [0.29, 0.717) is 19.0 Å². The molecule has 2 aromatic rings. The Labute approximate surface area is 190 Å². The number of carbonyl (C=O) groups is 1. The van der Waals surface area contributed by atoms with Gasteiger partial charge in [0.25, 0.3) is 0 Å². The first-order chi connectivity index (χ1) is 15.6. The maximum Gasteiger partial charge on any atom is 0.410 e. The Morgan fingerprint density at radius 1 is 1.00 bits per heavy atom. The van der Waals surface area contributed by atoms with E-state index in [0.717, 1.165) is 37.3 Å². The Morgan fingerprint density at radius 2 is 1.62 bits per heavy atom. The van der Waals surface area contributed by atoms with Gasteiger partial charge in [0.15, 0.2) is 0 Å². The van der Waals surface area contributed by atoms with E-state index in [2.05, 4.69) is 79.4 Å². The lowest BCUT2D eigenvalue weighted by Crippen LogP contribution is -2.45. The molecule has 1 aliphatic carbocycles. The van der Waals surface area contributed by atoms with Crippen LogP contribution in [0.3, 0.4) is 0 Å². The van der Waals surface area contributed by atoms with E-state index in [1.165, 1.54) is 16.7 Å². The van der Waals surface area contributed by atoms with Gasteiger partial charge in [-0.1, -0.05) is 67.6 Å². The van der Waals surface area contributed by atoms with E-state index in [-0.39, 0.29) is 18.2 Å². The third-order valence-electron chi connectivity index (χ3n) is 6.90. The SMILES string of the molecule is CC1=NC2=C(CCN(C(=O)OC3CC(C)C3)C2)CN1C(c1ccccc1)c1ccccc1. The molecule has 5 heteroatoms. The molecule has 0 spiro atoms. The highest BCUT2D eigenvalue weighted by Crippen LogP contribution is 2.35. The fourth-order valence-electron chi connectivity index (χ4n) is 5.05. The highest BCUT2D eigenvalue weighted by molar-refractivity contribution is 5.83. The summed E-state index contributed by atoms with van der Waals surface area (Å²) in [5.41, 5.74) is 4.87. The van der Waals surface area contributed by atoms with E-state index in [9.17, 15) is 4.79 Å². The summed E-state index contributed by atoms with van der Waals surface area (Å²) in [4.78, 5) is 21.8. The lowest BCUT2D eigenvalue weighted by molar-refractivity contribution is 0.00373. The van der Waals surface area contributed by atoms with Crippen molar-refractivity contribution in [3.05, 3.63) is 83.1 Å². The van der Waals surface area contributed by atoms with Gasteiger partial charge in [0, 0.05) is 13.1 Å². The van der Waals surface area contributed by atoms with Crippen molar-refractivity contribution in [2.75, 3.05) is 19.6 Å². The van der Waals surface area contributed by atoms with Gasteiger partial charge in [-0.15, -0.1) is 0 Å². The molecule has 0 unspecified atom stereocenters. The summed E-state index contributed by atoms with van der Waals surface area (Å²) in [6.45, 7) is 6.36. The van der Waals surface area contributed by atoms with Gasteiger partial charge >= 0.3 is 6.09 Å². The van der Waals surface area contributed by atoms with Crippen molar-refractivity contribution in [1.29, 1.82) is 0 Å². The molecule has 0 saturated heterocycles. The molecule has 2 aliphatic heterocycles. The van der Waals surface area contributed by atoms with Gasteiger partial charge in [-0.3, -0.25) is 0 Å². The second-order valence-electron chi connectivity index (χ2n) is 9.31. The molecule has 5 rings (SSSR count). The average molecular weight is 430 g/mol. The standard InChI is InChI=1S/C27H31N3O2/c1-19-15-24(16-19)32-27(31)29-14-13-23-17-30(20(2)28-25(23)18-29)26(21-9-5-3-6-10-21)22-11-7-4-8-12-22/h3-12,19,24,26H,13-18H2,1-2H3. The van der Waals surface area contributed by atoms with Gasteiger partial charge in [0.05, 0.1) is 18.3 Å². The van der Waals surface area contributed by atoms with Crippen LogP contribution >= 0.6 is 0 Å². The second-order valence-corrected chi connectivity index (χ2v) is 9.31. The van der Waals surface area contributed by atoms with Crippen molar-refractivity contribution in [2.45, 2.75) is 45.3 Å². The molecule has 3 aliphatic rings. The fourth-order valence-corrected chi connectivity index (χ4v) is 5.05. The number of benzene rings is 2. The van der Waals surface area contributed by atoms with E-state index in [1.807, 2.05) is 4.90 Å². The van der Waals surface area contributed by atoms with Crippen molar-refractivity contribution < 1.29 is 9.53 Å². The average Bonchev–Trinajstić information content (AvgIpc) is 2.79. The Hall–Kier alpha value is -3.08. The predicted octanol–water partition coefficient (Wildman–Crippen LogP) is 5.40. The summed E-state index contributed by atoms with van der Waals surface area (Å²) < 4.78 is 5.68. The molecule has 2 aromatic carbocycles. The molecule has 0 aromatic heterocycles. The van der Waals surface area contributed by atoms with Crippen LogP contribution in [-0.4, -0.2) is 47.5 Å². The Morgan fingerprint density at radius 3 is 2.22 bits per heavy atom. The molecule has 0 bridgehead atoms. The molecule has 32 heavy (non-hydrogen) atoms. The molecule has 0 atom stereocenters. The number of hydrogen-bond donors (Lipinski definition) is 0. The van der Waals surface area contributed by atoms with Crippen LogP contribution in [0.15, 0.2) is 76.9 Å². The second kappa shape index (κ2) is 8.81. The van der Waals surface area contributed by atoms with Crippen LogP contribution < -0.4 is 0 Å². The zero-order valence-corrected chi connectivity index (χ0v) is 18.9. The minimum absolute atomic E-state index is 0.0949. The molecule has 5 nitrogen and oxygen atoms in total. The van der Waals surface area contributed by atoms with Crippen LogP contribution in [-0.2, 0) is 4.74 Å².